The number of nitrogens with zero attached hydrogens (tertiary/aromatic N) is 1. The van der Waals surface area contributed by atoms with Gasteiger partial charge in [0.15, 0.2) is 0 Å². The lowest BCUT2D eigenvalue weighted by Crippen LogP contribution is -1.94. The Bertz CT molecular complexity index is 555. The minimum atomic E-state index is 0.421. The number of hydrogen-bond donors (Lipinski definition) is 1. The quantitative estimate of drug-likeness (QED) is 0.778. The molecule has 1 aromatic carbocycles. The van der Waals surface area contributed by atoms with E-state index in [1.165, 1.54) is 0 Å². The molecule has 0 amide bonds. The summed E-state index contributed by atoms with van der Waals surface area (Å²) in [6.45, 7) is 1.90. The molecule has 88 valence electrons. The molecule has 2 aromatic rings. The van der Waals surface area contributed by atoms with Gasteiger partial charge in [-0.3, -0.25) is 0 Å². The van der Waals surface area contributed by atoms with Crippen LogP contribution in [0.2, 0.25) is 15.2 Å². The van der Waals surface area contributed by atoms with Crippen LogP contribution in [0, 0.1) is 6.92 Å². The van der Waals surface area contributed by atoms with E-state index in [9.17, 15) is 0 Å². The van der Waals surface area contributed by atoms with Crippen molar-refractivity contribution in [3.63, 3.8) is 0 Å². The molecule has 2 nitrogen and oxygen atoms in total. The third-order valence-corrected chi connectivity index (χ3v) is 3.16. The maximum Gasteiger partial charge on any atom is 0.132 e. The van der Waals surface area contributed by atoms with Gasteiger partial charge in [0.1, 0.15) is 11.0 Å². The Labute approximate surface area is 115 Å². The van der Waals surface area contributed by atoms with Crippen LogP contribution in [0.5, 0.6) is 0 Å². The first-order valence-corrected chi connectivity index (χ1v) is 6.05. The second kappa shape index (κ2) is 5.13. The molecule has 0 saturated carbocycles. The van der Waals surface area contributed by atoms with Gasteiger partial charge in [-0.15, -0.1) is 0 Å². The molecule has 0 atom stereocenters. The molecule has 1 heterocycles. The third kappa shape index (κ3) is 3.03. The van der Waals surface area contributed by atoms with Gasteiger partial charge in [0, 0.05) is 5.02 Å². The van der Waals surface area contributed by atoms with E-state index in [1.807, 2.05) is 6.92 Å². The molecule has 1 N–H and O–H groups in total. The van der Waals surface area contributed by atoms with Crippen molar-refractivity contribution in [1.82, 2.24) is 4.98 Å². The van der Waals surface area contributed by atoms with Crippen LogP contribution in [0.4, 0.5) is 11.5 Å². The Morgan fingerprint density at radius 2 is 1.82 bits per heavy atom. The second-order valence-electron chi connectivity index (χ2n) is 3.55. The summed E-state index contributed by atoms with van der Waals surface area (Å²) in [7, 11) is 0. The van der Waals surface area contributed by atoms with E-state index in [0.29, 0.717) is 26.7 Å². The molecule has 0 aliphatic rings. The fourth-order valence-corrected chi connectivity index (χ4v) is 1.95. The zero-order valence-corrected chi connectivity index (χ0v) is 11.2. The molecule has 0 aliphatic heterocycles. The standard InChI is InChI=1S/C12H9Cl3N2/c1-7-5-9(14)10(6-8(7)13)16-12-4-2-3-11(15)17-12/h2-6H,1H3,(H,16,17). The van der Waals surface area contributed by atoms with Crippen LogP contribution in [0.15, 0.2) is 30.3 Å². The maximum atomic E-state index is 6.11. The summed E-state index contributed by atoms with van der Waals surface area (Å²) in [5, 5.41) is 4.73. The highest BCUT2D eigenvalue weighted by atomic mass is 35.5. The molecule has 2 rings (SSSR count). The lowest BCUT2D eigenvalue weighted by molar-refractivity contribution is 1.30. The molecule has 0 saturated heterocycles. The van der Waals surface area contributed by atoms with E-state index in [0.717, 1.165) is 5.56 Å². The number of aryl methyl sites for hydroxylation is 1. The van der Waals surface area contributed by atoms with E-state index in [1.54, 1.807) is 30.3 Å². The van der Waals surface area contributed by atoms with Crippen molar-refractivity contribution in [2.45, 2.75) is 6.92 Å². The van der Waals surface area contributed by atoms with Crippen LogP contribution in [0.3, 0.4) is 0 Å². The third-order valence-electron chi connectivity index (χ3n) is 2.23. The molecule has 0 aliphatic carbocycles. The molecular formula is C12H9Cl3N2. The predicted octanol–water partition coefficient (Wildman–Crippen LogP) is 5.09. The van der Waals surface area contributed by atoms with Gasteiger partial charge in [-0.05, 0) is 36.8 Å². The average Bonchev–Trinajstić information content (AvgIpc) is 2.26. The highest BCUT2D eigenvalue weighted by Crippen LogP contribution is 2.30. The van der Waals surface area contributed by atoms with Crippen molar-refractivity contribution < 1.29 is 0 Å². The normalized spacial score (nSPS) is 10.4. The molecular weight excluding hydrogens is 279 g/mol. The van der Waals surface area contributed by atoms with Crippen LogP contribution < -0.4 is 5.32 Å². The lowest BCUT2D eigenvalue weighted by atomic mass is 10.2. The minimum absolute atomic E-state index is 0.421. The Hall–Kier alpha value is -0.960. The first kappa shape index (κ1) is 12.5. The number of halogens is 3. The molecule has 0 radical (unpaired) electrons. The summed E-state index contributed by atoms with van der Waals surface area (Å²) in [6, 6.07) is 8.88. The summed E-state index contributed by atoms with van der Waals surface area (Å²) in [6.07, 6.45) is 0. The SMILES string of the molecule is Cc1cc(Cl)c(Nc2cccc(Cl)n2)cc1Cl. The molecule has 5 heteroatoms. The first-order chi connectivity index (χ1) is 8.06. The molecule has 0 unspecified atom stereocenters. The molecule has 0 spiro atoms. The number of hydrogen-bond acceptors (Lipinski definition) is 2. The number of aromatic nitrogens is 1. The highest BCUT2D eigenvalue weighted by Gasteiger charge is 2.05. The molecule has 1 aromatic heterocycles. The molecule has 0 fully saturated rings. The molecule has 0 bridgehead atoms. The summed E-state index contributed by atoms with van der Waals surface area (Å²) in [4.78, 5) is 4.11. The van der Waals surface area contributed by atoms with E-state index >= 15 is 0 Å². The topological polar surface area (TPSA) is 24.9 Å². The van der Waals surface area contributed by atoms with Crippen LogP contribution in [0.25, 0.3) is 0 Å². The number of pyridine rings is 1. The summed E-state index contributed by atoms with van der Waals surface area (Å²) >= 11 is 17.9. The zero-order valence-electron chi connectivity index (χ0n) is 8.97. The number of anilines is 2. The van der Waals surface area contributed by atoms with Crippen molar-refractivity contribution in [3.8, 4) is 0 Å². The summed E-state index contributed by atoms with van der Waals surface area (Å²) in [5.41, 5.74) is 1.64. The minimum Gasteiger partial charge on any atom is -0.339 e. The van der Waals surface area contributed by atoms with Crippen molar-refractivity contribution in [2.75, 3.05) is 5.32 Å². The maximum absolute atomic E-state index is 6.11. The number of rotatable bonds is 2. The monoisotopic (exact) mass is 286 g/mol. The number of nitrogens with one attached hydrogen (secondary N) is 1. The first-order valence-electron chi connectivity index (χ1n) is 4.91. The van der Waals surface area contributed by atoms with E-state index in [2.05, 4.69) is 10.3 Å². The van der Waals surface area contributed by atoms with Crippen LogP contribution >= 0.6 is 34.8 Å². The van der Waals surface area contributed by atoms with Gasteiger partial charge in [-0.2, -0.15) is 0 Å². The van der Waals surface area contributed by atoms with Crippen LogP contribution in [0.1, 0.15) is 5.56 Å². The largest absolute Gasteiger partial charge is 0.339 e. The average molecular weight is 288 g/mol. The van der Waals surface area contributed by atoms with Gasteiger partial charge in [0.25, 0.3) is 0 Å². The van der Waals surface area contributed by atoms with Gasteiger partial charge in [-0.1, -0.05) is 40.9 Å². The fraction of sp³-hybridized carbons (Fsp3) is 0.0833. The molecule has 17 heavy (non-hydrogen) atoms. The summed E-state index contributed by atoms with van der Waals surface area (Å²) in [5.74, 6) is 0.624. The Kier molecular flexibility index (Phi) is 3.77. The van der Waals surface area contributed by atoms with Gasteiger partial charge in [0.2, 0.25) is 0 Å². The van der Waals surface area contributed by atoms with Gasteiger partial charge in [-0.25, -0.2) is 4.98 Å². The highest BCUT2D eigenvalue weighted by molar-refractivity contribution is 6.35. The van der Waals surface area contributed by atoms with Gasteiger partial charge < -0.3 is 5.32 Å². The van der Waals surface area contributed by atoms with E-state index in [4.69, 9.17) is 34.8 Å². The summed E-state index contributed by atoms with van der Waals surface area (Å²) < 4.78 is 0. The Morgan fingerprint density at radius 1 is 1.06 bits per heavy atom. The zero-order chi connectivity index (χ0) is 12.4. The Balaban J connectivity index is 2.33. The Morgan fingerprint density at radius 3 is 2.53 bits per heavy atom. The van der Waals surface area contributed by atoms with Crippen molar-refractivity contribution in [1.29, 1.82) is 0 Å². The fourth-order valence-electron chi connectivity index (χ4n) is 1.36. The number of benzene rings is 1. The van der Waals surface area contributed by atoms with Crippen molar-refractivity contribution in [3.05, 3.63) is 51.1 Å². The van der Waals surface area contributed by atoms with Crippen LogP contribution in [-0.2, 0) is 0 Å². The van der Waals surface area contributed by atoms with Crippen molar-refractivity contribution in [2.24, 2.45) is 0 Å². The van der Waals surface area contributed by atoms with Crippen molar-refractivity contribution >= 4 is 46.3 Å². The smallest absolute Gasteiger partial charge is 0.132 e. The second-order valence-corrected chi connectivity index (χ2v) is 4.75. The van der Waals surface area contributed by atoms with E-state index in [-0.39, 0.29) is 0 Å². The lowest BCUT2D eigenvalue weighted by Gasteiger charge is -2.09. The van der Waals surface area contributed by atoms with Gasteiger partial charge in [0.05, 0.1) is 10.7 Å². The van der Waals surface area contributed by atoms with E-state index < -0.39 is 0 Å². The van der Waals surface area contributed by atoms with Gasteiger partial charge >= 0.3 is 0 Å². The predicted molar refractivity (Wildman–Crippen MR) is 73.7 cm³/mol. The van der Waals surface area contributed by atoms with Crippen LogP contribution in [-0.4, -0.2) is 4.98 Å².